The minimum atomic E-state index is 0.0259. The molecule has 0 spiro atoms. The van der Waals surface area contributed by atoms with Crippen molar-refractivity contribution in [3.05, 3.63) is 59.2 Å². The van der Waals surface area contributed by atoms with E-state index in [-0.39, 0.29) is 5.91 Å². The first-order chi connectivity index (χ1) is 11.0. The number of benzene rings is 2. The van der Waals surface area contributed by atoms with Gasteiger partial charge in [0.1, 0.15) is 0 Å². The van der Waals surface area contributed by atoms with E-state index in [1.54, 1.807) is 0 Å². The van der Waals surface area contributed by atoms with E-state index in [9.17, 15) is 4.79 Å². The van der Waals surface area contributed by atoms with Gasteiger partial charge >= 0.3 is 0 Å². The summed E-state index contributed by atoms with van der Waals surface area (Å²) in [6.07, 6.45) is 0.407. The second-order valence-corrected chi connectivity index (χ2v) is 5.82. The van der Waals surface area contributed by atoms with E-state index in [4.69, 9.17) is 0 Å². The van der Waals surface area contributed by atoms with Crippen LogP contribution in [0.4, 0.5) is 11.4 Å². The molecule has 0 aromatic heterocycles. The topological polar surface area (TPSA) is 32.3 Å². The van der Waals surface area contributed by atoms with Gasteiger partial charge in [-0.15, -0.1) is 0 Å². The third-order valence-corrected chi connectivity index (χ3v) is 4.22. The molecular formula is C20H26N2O. The molecule has 2 aromatic rings. The Morgan fingerprint density at radius 1 is 1.00 bits per heavy atom. The van der Waals surface area contributed by atoms with Crippen molar-refractivity contribution >= 4 is 17.3 Å². The fourth-order valence-electron chi connectivity index (χ4n) is 2.75. The quantitative estimate of drug-likeness (QED) is 0.861. The minimum absolute atomic E-state index is 0.0259. The van der Waals surface area contributed by atoms with Gasteiger partial charge in [0.2, 0.25) is 5.91 Å². The van der Waals surface area contributed by atoms with Gasteiger partial charge in [-0.2, -0.15) is 0 Å². The molecule has 0 heterocycles. The molecule has 1 N–H and O–H groups in total. The van der Waals surface area contributed by atoms with Gasteiger partial charge in [-0.3, -0.25) is 4.79 Å². The average Bonchev–Trinajstić information content (AvgIpc) is 2.53. The number of carbonyl (C=O) groups excluding carboxylic acids is 1. The summed E-state index contributed by atoms with van der Waals surface area (Å²) >= 11 is 0. The lowest BCUT2D eigenvalue weighted by atomic mass is 10.1. The number of carbonyl (C=O) groups is 1. The SMILES string of the molecule is CCN(CC)c1ccc(NC(=O)Cc2ccccc2C)c(C)c1. The van der Waals surface area contributed by atoms with Crippen LogP contribution < -0.4 is 10.2 Å². The van der Waals surface area contributed by atoms with Crippen LogP contribution in [0.1, 0.15) is 30.5 Å². The number of hydrogen-bond donors (Lipinski definition) is 1. The van der Waals surface area contributed by atoms with Crippen LogP contribution >= 0.6 is 0 Å². The highest BCUT2D eigenvalue weighted by atomic mass is 16.1. The van der Waals surface area contributed by atoms with Crippen LogP contribution in [-0.2, 0) is 11.2 Å². The molecule has 122 valence electrons. The van der Waals surface area contributed by atoms with E-state index in [1.807, 2.05) is 44.2 Å². The fourth-order valence-corrected chi connectivity index (χ4v) is 2.75. The maximum Gasteiger partial charge on any atom is 0.228 e. The van der Waals surface area contributed by atoms with Gasteiger partial charge in [-0.25, -0.2) is 0 Å². The molecule has 0 aliphatic rings. The Hall–Kier alpha value is -2.29. The molecule has 2 aromatic carbocycles. The molecule has 0 bridgehead atoms. The molecule has 0 unspecified atom stereocenters. The van der Waals surface area contributed by atoms with Crippen LogP contribution in [0.5, 0.6) is 0 Å². The maximum atomic E-state index is 12.3. The van der Waals surface area contributed by atoms with Crippen molar-refractivity contribution in [1.82, 2.24) is 0 Å². The van der Waals surface area contributed by atoms with Crippen molar-refractivity contribution in [2.24, 2.45) is 0 Å². The lowest BCUT2D eigenvalue weighted by Crippen LogP contribution is -2.22. The summed E-state index contributed by atoms with van der Waals surface area (Å²) in [5.41, 5.74) is 5.40. The number of anilines is 2. The van der Waals surface area contributed by atoms with Gasteiger partial charge < -0.3 is 10.2 Å². The normalized spacial score (nSPS) is 10.4. The molecule has 1 amide bonds. The third kappa shape index (κ3) is 4.35. The van der Waals surface area contributed by atoms with Crippen LogP contribution in [-0.4, -0.2) is 19.0 Å². The fraction of sp³-hybridized carbons (Fsp3) is 0.350. The summed E-state index contributed by atoms with van der Waals surface area (Å²) in [6, 6.07) is 14.2. The van der Waals surface area contributed by atoms with Gasteiger partial charge in [0.25, 0.3) is 0 Å². The Kier molecular flexibility index (Phi) is 5.80. The van der Waals surface area contributed by atoms with E-state index in [0.29, 0.717) is 6.42 Å². The second-order valence-electron chi connectivity index (χ2n) is 5.82. The number of aryl methyl sites for hydroxylation is 2. The van der Waals surface area contributed by atoms with Crippen LogP contribution in [0, 0.1) is 13.8 Å². The van der Waals surface area contributed by atoms with E-state index in [2.05, 4.69) is 36.2 Å². The molecule has 0 aliphatic carbocycles. The first-order valence-electron chi connectivity index (χ1n) is 8.25. The Bertz CT molecular complexity index is 675. The van der Waals surface area contributed by atoms with Gasteiger partial charge in [-0.05, 0) is 62.6 Å². The first-order valence-corrected chi connectivity index (χ1v) is 8.25. The molecule has 0 radical (unpaired) electrons. The van der Waals surface area contributed by atoms with Crippen molar-refractivity contribution in [2.45, 2.75) is 34.1 Å². The Labute approximate surface area is 139 Å². The Balaban J connectivity index is 2.08. The number of amides is 1. The van der Waals surface area contributed by atoms with E-state index < -0.39 is 0 Å². The molecule has 3 nitrogen and oxygen atoms in total. The Morgan fingerprint density at radius 2 is 1.70 bits per heavy atom. The van der Waals surface area contributed by atoms with Crippen molar-refractivity contribution < 1.29 is 4.79 Å². The first kappa shape index (κ1) is 17.1. The summed E-state index contributed by atoms with van der Waals surface area (Å²) in [7, 11) is 0. The van der Waals surface area contributed by atoms with Crippen molar-refractivity contribution in [2.75, 3.05) is 23.3 Å². The van der Waals surface area contributed by atoms with Gasteiger partial charge in [-0.1, -0.05) is 24.3 Å². The smallest absolute Gasteiger partial charge is 0.228 e. The van der Waals surface area contributed by atoms with Crippen molar-refractivity contribution in [1.29, 1.82) is 0 Å². The minimum Gasteiger partial charge on any atom is -0.372 e. The molecule has 0 aliphatic heterocycles. The van der Waals surface area contributed by atoms with Gasteiger partial charge in [0.15, 0.2) is 0 Å². The highest BCUT2D eigenvalue weighted by molar-refractivity contribution is 5.93. The second kappa shape index (κ2) is 7.82. The van der Waals surface area contributed by atoms with Crippen LogP contribution in [0.2, 0.25) is 0 Å². The number of nitrogens with zero attached hydrogens (tertiary/aromatic N) is 1. The summed E-state index contributed by atoms with van der Waals surface area (Å²) in [5, 5.41) is 3.03. The predicted octanol–water partition coefficient (Wildman–Crippen LogP) is 4.33. The van der Waals surface area contributed by atoms with E-state index >= 15 is 0 Å². The standard InChI is InChI=1S/C20H26N2O/c1-5-22(6-2)18-11-12-19(16(4)13-18)21-20(23)14-17-10-8-7-9-15(17)3/h7-13H,5-6,14H2,1-4H3,(H,21,23). The largest absolute Gasteiger partial charge is 0.372 e. The van der Waals surface area contributed by atoms with Crippen molar-refractivity contribution in [3.8, 4) is 0 Å². The molecule has 2 rings (SSSR count). The monoisotopic (exact) mass is 310 g/mol. The maximum absolute atomic E-state index is 12.3. The summed E-state index contributed by atoms with van der Waals surface area (Å²) < 4.78 is 0. The van der Waals surface area contributed by atoms with Gasteiger partial charge in [0.05, 0.1) is 6.42 Å². The number of rotatable bonds is 6. The highest BCUT2D eigenvalue weighted by Crippen LogP contribution is 2.23. The number of nitrogens with one attached hydrogen (secondary N) is 1. The van der Waals surface area contributed by atoms with Crippen LogP contribution in [0.3, 0.4) is 0 Å². The lowest BCUT2D eigenvalue weighted by molar-refractivity contribution is -0.115. The molecular weight excluding hydrogens is 284 g/mol. The number of hydrogen-bond acceptors (Lipinski definition) is 2. The summed E-state index contributed by atoms with van der Waals surface area (Å²) in [6.45, 7) is 10.3. The van der Waals surface area contributed by atoms with E-state index in [1.165, 1.54) is 5.69 Å². The third-order valence-electron chi connectivity index (χ3n) is 4.22. The average molecular weight is 310 g/mol. The van der Waals surface area contributed by atoms with Crippen LogP contribution in [0.25, 0.3) is 0 Å². The van der Waals surface area contributed by atoms with Crippen molar-refractivity contribution in [3.63, 3.8) is 0 Å². The molecule has 0 fully saturated rings. The Morgan fingerprint density at radius 3 is 2.30 bits per heavy atom. The zero-order valence-electron chi connectivity index (χ0n) is 14.5. The predicted molar refractivity (Wildman–Crippen MR) is 98.3 cm³/mol. The zero-order chi connectivity index (χ0) is 16.8. The molecule has 0 saturated heterocycles. The van der Waals surface area contributed by atoms with E-state index in [0.717, 1.165) is 35.5 Å². The van der Waals surface area contributed by atoms with Crippen LogP contribution in [0.15, 0.2) is 42.5 Å². The zero-order valence-corrected chi connectivity index (χ0v) is 14.5. The summed E-state index contributed by atoms with van der Waals surface area (Å²) in [4.78, 5) is 14.6. The summed E-state index contributed by atoms with van der Waals surface area (Å²) in [5.74, 6) is 0.0259. The highest BCUT2D eigenvalue weighted by Gasteiger charge is 2.09. The molecule has 23 heavy (non-hydrogen) atoms. The lowest BCUT2D eigenvalue weighted by Gasteiger charge is -2.22. The van der Waals surface area contributed by atoms with Gasteiger partial charge in [0, 0.05) is 24.5 Å². The molecule has 0 saturated carbocycles. The molecule has 0 atom stereocenters. The molecule has 3 heteroatoms.